The zero-order valence-corrected chi connectivity index (χ0v) is 11.2. The zero-order valence-electron chi connectivity index (χ0n) is 11.2. The summed E-state index contributed by atoms with van der Waals surface area (Å²) in [6.45, 7) is 3.87. The van der Waals surface area contributed by atoms with Crippen LogP contribution in [0.5, 0.6) is 0 Å². The van der Waals surface area contributed by atoms with E-state index in [2.05, 4.69) is 6.07 Å². The first kappa shape index (κ1) is 13.1. The summed E-state index contributed by atoms with van der Waals surface area (Å²) in [4.78, 5) is 23.7. The van der Waals surface area contributed by atoms with Crippen LogP contribution in [-0.2, 0) is 14.3 Å². The van der Waals surface area contributed by atoms with Gasteiger partial charge in [0, 0.05) is 12.3 Å². The predicted octanol–water partition coefficient (Wildman–Crippen LogP) is 2.08. The molecule has 98 valence electrons. The molecule has 4 atom stereocenters. The highest BCUT2D eigenvalue weighted by Crippen LogP contribution is 2.64. The summed E-state index contributed by atoms with van der Waals surface area (Å²) >= 11 is 0. The summed E-state index contributed by atoms with van der Waals surface area (Å²) in [7, 11) is 1.37. The van der Waals surface area contributed by atoms with Gasteiger partial charge in [-0.2, -0.15) is 5.26 Å². The molecule has 4 nitrogen and oxygen atoms in total. The number of methoxy groups -OCH3 is 1. The number of nitriles is 1. The third-order valence-corrected chi connectivity index (χ3v) is 5.10. The van der Waals surface area contributed by atoms with Crippen molar-refractivity contribution in [1.82, 2.24) is 0 Å². The van der Waals surface area contributed by atoms with E-state index in [9.17, 15) is 14.9 Å². The third-order valence-electron chi connectivity index (χ3n) is 5.10. The normalized spacial score (nSPS) is 42.4. The Kier molecular flexibility index (Phi) is 2.96. The number of fused-ring (bicyclic) bond motifs is 1. The molecular formula is C14H19NO3. The molecule has 0 heterocycles. The van der Waals surface area contributed by atoms with Gasteiger partial charge in [-0.3, -0.25) is 9.59 Å². The van der Waals surface area contributed by atoms with Crippen molar-refractivity contribution >= 4 is 11.8 Å². The maximum absolute atomic E-state index is 12.1. The monoisotopic (exact) mass is 249 g/mol. The van der Waals surface area contributed by atoms with Crippen molar-refractivity contribution < 1.29 is 14.3 Å². The lowest BCUT2D eigenvalue weighted by Gasteiger charge is -2.31. The molecule has 4 heteroatoms. The van der Waals surface area contributed by atoms with Crippen LogP contribution in [0.15, 0.2) is 0 Å². The van der Waals surface area contributed by atoms with Gasteiger partial charge in [0.25, 0.3) is 0 Å². The van der Waals surface area contributed by atoms with Crippen molar-refractivity contribution in [2.24, 2.45) is 22.7 Å². The highest BCUT2D eigenvalue weighted by atomic mass is 16.5. The second-order valence-electron chi connectivity index (χ2n) is 6.01. The lowest BCUT2D eigenvalue weighted by atomic mass is 9.69. The fourth-order valence-corrected chi connectivity index (χ4v) is 4.10. The van der Waals surface area contributed by atoms with E-state index in [4.69, 9.17) is 4.74 Å². The molecule has 2 aliphatic rings. The van der Waals surface area contributed by atoms with E-state index in [1.54, 1.807) is 0 Å². The Balaban J connectivity index is 2.40. The van der Waals surface area contributed by atoms with Gasteiger partial charge >= 0.3 is 5.97 Å². The smallest absolute Gasteiger partial charge is 0.306 e. The van der Waals surface area contributed by atoms with Gasteiger partial charge in [0.15, 0.2) is 0 Å². The molecule has 18 heavy (non-hydrogen) atoms. The number of carbonyl (C=O) groups excluding carboxylic acids is 2. The Bertz CT molecular complexity index is 439. The van der Waals surface area contributed by atoms with Crippen molar-refractivity contribution in [3.8, 4) is 6.07 Å². The summed E-state index contributed by atoms with van der Waals surface area (Å²) in [6.07, 6.45) is 2.24. The number of ketones is 1. The molecule has 2 rings (SSSR count). The number of carbonyl (C=O) groups is 2. The predicted molar refractivity (Wildman–Crippen MR) is 64.3 cm³/mol. The molecule has 0 bridgehead atoms. The maximum Gasteiger partial charge on any atom is 0.306 e. The zero-order chi connectivity index (χ0) is 13.6. The van der Waals surface area contributed by atoms with Crippen molar-refractivity contribution in [2.75, 3.05) is 7.11 Å². The lowest BCUT2D eigenvalue weighted by Crippen LogP contribution is -2.35. The van der Waals surface area contributed by atoms with E-state index in [0.29, 0.717) is 12.8 Å². The van der Waals surface area contributed by atoms with E-state index in [0.717, 1.165) is 6.42 Å². The average molecular weight is 249 g/mol. The fourth-order valence-electron chi connectivity index (χ4n) is 4.10. The van der Waals surface area contributed by atoms with Gasteiger partial charge in [-0.25, -0.2) is 0 Å². The van der Waals surface area contributed by atoms with Gasteiger partial charge in [-0.1, -0.05) is 6.92 Å². The Hall–Kier alpha value is -1.37. The fraction of sp³-hybridized carbons (Fsp3) is 0.786. The summed E-state index contributed by atoms with van der Waals surface area (Å²) in [5.41, 5.74) is -0.977. The van der Waals surface area contributed by atoms with Gasteiger partial charge < -0.3 is 4.74 Å². The van der Waals surface area contributed by atoms with Gasteiger partial charge in [0.05, 0.1) is 25.0 Å². The van der Waals surface area contributed by atoms with Crippen molar-refractivity contribution in [1.29, 1.82) is 5.26 Å². The Morgan fingerprint density at radius 1 is 1.61 bits per heavy atom. The van der Waals surface area contributed by atoms with Gasteiger partial charge in [0.1, 0.15) is 5.78 Å². The number of hydrogen-bond acceptors (Lipinski definition) is 4. The molecule has 0 aromatic rings. The Morgan fingerprint density at radius 2 is 2.28 bits per heavy atom. The average Bonchev–Trinajstić information content (AvgIpc) is 2.75. The molecule has 0 amide bonds. The van der Waals surface area contributed by atoms with Crippen molar-refractivity contribution in [2.45, 2.75) is 39.5 Å². The summed E-state index contributed by atoms with van der Waals surface area (Å²) in [6, 6.07) is 2.33. The quantitative estimate of drug-likeness (QED) is 0.703. The lowest BCUT2D eigenvalue weighted by molar-refractivity contribution is -0.144. The van der Waals surface area contributed by atoms with Crippen molar-refractivity contribution in [3.63, 3.8) is 0 Å². The Labute approximate surface area is 107 Å². The highest BCUT2D eigenvalue weighted by molar-refractivity contribution is 5.87. The summed E-state index contributed by atoms with van der Waals surface area (Å²) < 4.78 is 4.75. The van der Waals surface area contributed by atoms with Crippen LogP contribution in [-0.4, -0.2) is 18.9 Å². The van der Waals surface area contributed by atoms with Crippen LogP contribution >= 0.6 is 0 Å². The van der Waals surface area contributed by atoms with Crippen LogP contribution in [0, 0.1) is 34.0 Å². The second-order valence-corrected chi connectivity index (χ2v) is 6.01. The van der Waals surface area contributed by atoms with Gasteiger partial charge in [-0.05, 0) is 31.1 Å². The van der Waals surface area contributed by atoms with E-state index in [1.807, 2.05) is 13.8 Å². The van der Waals surface area contributed by atoms with Crippen LogP contribution in [0.3, 0.4) is 0 Å². The SMILES string of the molecule is COC(=O)C[C@]12CCC(=O)[C@H]1[C@](C)(C#N)[C@H](C)C2. The van der Waals surface area contributed by atoms with E-state index < -0.39 is 5.41 Å². The topological polar surface area (TPSA) is 67.2 Å². The molecule has 2 aliphatic carbocycles. The number of rotatable bonds is 2. The molecule has 0 spiro atoms. The van der Waals surface area contributed by atoms with Gasteiger partial charge in [-0.15, -0.1) is 0 Å². The standard InChI is InChI=1S/C14H19NO3/c1-9-6-14(7-11(17)18-3)5-4-10(16)12(14)13(9,2)8-15/h9,12H,4-7H2,1-3H3/t9-,12+,13-,14-/m1/s1. The number of nitrogens with zero attached hydrogens (tertiary/aromatic N) is 1. The Morgan fingerprint density at radius 3 is 2.83 bits per heavy atom. The number of hydrogen-bond donors (Lipinski definition) is 0. The first-order chi connectivity index (χ1) is 8.39. The van der Waals surface area contributed by atoms with E-state index in [1.165, 1.54) is 7.11 Å². The molecule has 0 aliphatic heterocycles. The van der Waals surface area contributed by atoms with E-state index >= 15 is 0 Å². The van der Waals surface area contributed by atoms with Crippen LogP contribution in [0.4, 0.5) is 0 Å². The molecule has 0 unspecified atom stereocenters. The molecular weight excluding hydrogens is 230 g/mol. The maximum atomic E-state index is 12.1. The van der Waals surface area contributed by atoms with Crippen molar-refractivity contribution in [3.05, 3.63) is 0 Å². The minimum Gasteiger partial charge on any atom is -0.469 e. The molecule has 0 aromatic heterocycles. The molecule has 2 saturated carbocycles. The first-order valence-electron chi connectivity index (χ1n) is 6.40. The molecule has 2 fully saturated rings. The molecule has 0 N–H and O–H groups in total. The minimum atomic E-state index is -0.637. The number of esters is 1. The molecule has 0 aromatic carbocycles. The first-order valence-corrected chi connectivity index (χ1v) is 6.40. The van der Waals surface area contributed by atoms with E-state index in [-0.39, 0.29) is 35.4 Å². The minimum absolute atomic E-state index is 0.140. The van der Waals surface area contributed by atoms with Crippen LogP contribution in [0.1, 0.15) is 39.5 Å². The highest BCUT2D eigenvalue weighted by Gasteiger charge is 2.64. The second kappa shape index (κ2) is 4.08. The summed E-state index contributed by atoms with van der Waals surface area (Å²) in [5.74, 6) is -0.290. The largest absolute Gasteiger partial charge is 0.469 e. The summed E-state index contributed by atoms with van der Waals surface area (Å²) in [5, 5.41) is 9.45. The number of Topliss-reactive ketones (excluding diaryl/α,β-unsaturated/α-hetero) is 1. The van der Waals surface area contributed by atoms with Gasteiger partial charge in [0.2, 0.25) is 0 Å². The van der Waals surface area contributed by atoms with Crippen LogP contribution in [0.2, 0.25) is 0 Å². The van der Waals surface area contributed by atoms with Crippen LogP contribution < -0.4 is 0 Å². The third kappa shape index (κ3) is 1.57. The molecule has 0 radical (unpaired) electrons. The number of ether oxygens (including phenoxy) is 1. The molecule has 0 saturated heterocycles. The van der Waals surface area contributed by atoms with Crippen LogP contribution in [0.25, 0.3) is 0 Å².